The molecule has 1 saturated heterocycles. The molecular weight excluding hydrogens is 532 g/mol. The number of nitrogens with one attached hydrogen (secondary N) is 2. The van der Waals surface area contributed by atoms with Crippen molar-refractivity contribution >= 4 is 39.9 Å². The standard InChI is InChI=1S/C24H23FN8.C2HF3O2/c25-16-7-6-8-17(13-16)33-15-27-21-22(26-14-20-28-18-9-2-3-10-19(18)29-20)30-24(31-23(21)33)32-11-4-1-5-12-32;3-2(4,5)1(6)7/h2-3,6-10,13,15H,1,4-5,11-12,14H2,(H,28,29)(H,26,30,31);(H,6,7). The topological polar surface area (TPSA) is 125 Å². The summed E-state index contributed by atoms with van der Waals surface area (Å²) < 4.78 is 47.4. The molecule has 0 atom stereocenters. The van der Waals surface area contributed by atoms with Gasteiger partial charge in [-0.1, -0.05) is 18.2 Å². The van der Waals surface area contributed by atoms with E-state index in [4.69, 9.17) is 19.9 Å². The Balaban J connectivity index is 0.000000411. The third kappa shape index (κ3) is 5.95. The van der Waals surface area contributed by atoms with Crippen molar-refractivity contribution in [2.45, 2.75) is 32.0 Å². The molecule has 1 aliphatic heterocycles. The number of para-hydroxylation sites is 2. The number of alkyl halides is 3. The van der Waals surface area contributed by atoms with Gasteiger partial charge in [-0.3, -0.25) is 4.57 Å². The number of aromatic amines is 1. The number of hydrogen-bond acceptors (Lipinski definition) is 7. The smallest absolute Gasteiger partial charge is 0.475 e. The second-order valence-corrected chi connectivity index (χ2v) is 9.04. The molecule has 3 aromatic heterocycles. The van der Waals surface area contributed by atoms with E-state index in [1.165, 1.54) is 18.6 Å². The number of imidazole rings is 2. The molecule has 1 aliphatic rings. The number of aromatic nitrogens is 6. The summed E-state index contributed by atoms with van der Waals surface area (Å²) in [5, 5.41) is 10.5. The molecule has 1 fully saturated rings. The maximum absolute atomic E-state index is 13.9. The van der Waals surface area contributed by atoms with Crippen molar-refractivity contribution in [3.63, 3.8) is 0 Å². The molecule has 4 heterocycles. The van der Waals surface area contributed by atoms with Crippen LogP contribution in [0.3, 0.4) is 0 Å². The van der Waals surface area contributed by atoms with E-state index in [2.05, 4.69) is 25.2 Å². The van der Waals surface area contributed by atoms with E-state index < -0.39 is 12.1 Å². The summed E-state index contributed by atoms with van der Waals surface area (Å²) in [6.07, 6.45) is 0.0379. The minimum absolute atomic E-state index is 0.303. The van der Waals surface area contributed by atoms with Gasteiger partial charge in [0, 0.05) is 13.1 Å². The van der Waals surface area contributed by atoms with Crippen molar-refractivity contribution < 1.29 is 27.5 Å². The maximum Gasteiger partial charge on any atom is 0.490 e. The molecule has 0 aliphatic carbocycles. The molecule has 40 heavy (non-hydrogen) atoms. The highest BCUT2D eigenvalue weighted by molar-refractivity contribution is 5.85. The SMILES string of the molecule is Fc1cccc(-n2cnc3c(NCc4nc5ccccc5[nH]4)nc(N4CCCCC4)nc32)c1.O=C(O)C(F)(F)F. The van der Waals surface area contributed by atoms with Crippen LogP contribution < -0.4 is 10.2 Å². The fourth-order valence-corrected chi connectivity index (χ4v) is 4.32. The normalized spacial score (nSPS) is 13.8. The van der Waals surface area contributed by atoms with Crippen molar-refractivity contribution in [2.24, 2.45) is 0 Å². The molecule has 0 unspecified atom stereocenters. The van der Waals surface area contributed by atoms with E-state index in [1.807, 2.05) is 30.3 Å². The molecule has 6 rings (SSSR count). The van der Waals surface area contributed by atoms with Gasteiger partial charge in [0.05, 0.1) is 23.3 Å². The summed E-state index contributed by atoms with van der Waals surface area (Å²) >= 11 is 0. The minimum Gasteiger partial charge on any atom is -0.475 e. The van der Waals surface area contributed by atoms with Gasteiger partial charge in [-0.05, 0) is 49.6 Å². The second-order valence-electron chi connectivity index (χ2n) is 9.04. The number of carbonyl (C=O) groups is 1. The van der Waals surface area contributed by atoms with Gasteiger partial charge in [0.25, 0.3) is 0 Å². The van der Waals surface area contributed by atoms with Crippen molar-refractivity contribution in [1.29, 1.82) is 0 Å². The Kier molecular flexibility index (Phi) is 7.49. The third-order valence-corrected chi connectivity index (χ3v) is 6.21. The van der Waals surface area contributed by atoms with Crippen LogP contribution in [0.5, 0.6) is 0 Å². The first-order valence-corrected chi connectivity index (χ1v) is 12.4. The molecule has 10 nitrogen and oxygen atoms in total. The molecule has 208 valence electrons. The van der Waals surface area contributed by atoms with Crippen LogP contribution in [0.25, 0.3) is 27.9 Å². The molecule has 0 bridgehead atoms. The Bertz CT molecular complexity index is 1610. The van der Waals surface area contributed by atoms with Gasteiger partial charge in [-0.15, -0.1) is 0 Å². The highest BCUT2D eigenvalue weighted by Crippen LogP contribution is 2.27. The monoisotopic (exact) mass is 556 g/mol. The van der Waals surface area contributed by atoms with Gasteiger partial charge in [0.2, 0.25) is 5.95 Å². The second kappa shape index (κ2) is 11.2. The van der Waals surface area contributed by atoms with Crippen molar-refractivity contribution in [3.8, 4) is 5.69 Å². The molecule has 0 radical (unpaired) electrons. The average Bonchev–Trinajstić information content (AvgIpc) is 3.56. The van der Waals surface area contributed by atoms with E-state index in [9.17, 15) is 17.6 Å². The van der Waals surface area contributed by atoms with E-state index in [-0.39, 0.29) is 5.82 Å². The van der Waals surface area contributed by atoms with Crippen molar-refractivity contribution in [1.82, 2.24) is 29.5 Å². The van der Waals surface area contributed by atoms with E-state index >= 15 is 0 Å². The van der Waals surface area contributed by atoms with Crippen LogP contribution in [0.4, 0.5) is 29.3 Å². The summed E-state index contributed by atoms with van der Waals surface area (Å²) in [5.41, 5.74) is 3.86. The Labute approximate surface area is 224 Å². The fraction of sp³-hybridized carbons (Fsp3) is 0.269. The van der Waals surface area contributed by atoms with Crippen LogP contribution in [0.1, 0.15) is 25.1 Å². The summed E-state index contributed by atoms with van der Waals surface area (Å²) in [7, 11) is 0. The lowest BCUT2D eigenvalue weighted by Crippen LogP contribution is -2.31. The zero-order valence-electron chi connectivity index (χ0n) is 21.0. The number of H-pyrrole nitrogens is 1. The van der Waals surface area contributed by atoms with Crippen molar-refractivity contribution in [3.05, 3.63) is 66.5 Å². The number of aliphatic carboxylic acids is 1. The number of carboxylic acid groups (broad SMARTS) is 1. The van der Waals surface area contributed by atoms with Gasteiger partial charge < -0.3 is 20.3 Å². The first-order valence-electron chi connectivity index (χ1n) is 12.4. The number of piperidine rings is 1. The number of benzene rings is 2. The first kappa shape index (κ1) is 26.8. The Morgan fingerprint density at radius 3 is 2.48 bits per heavy atom. The van der Waals surface area contributed by atoms with Gasteiger partial charge in [-0.25, -0.2) is 19.2 Å². The number of rotatable bonds is 5. The quantitative estimate of drug-likeness (QED) is 0.257. The lowest BCUT2D eigenvalue weighted by molar-refractivity contribution is -0.192. The number of carboxylic acids is 1. The van der Waals surface area contributed by atoms with Crippen LogP contribution in [0.2, 0.25) is 0 Å². The molecule has 2 aromatic carbocycles. The van der Waals surface area contributed by atoms with Crippen LogP contribution in [-0.4, -0.2) is 59.8 Å². The molecule has 3 N–H and O–H groups in total. The summed E-state index contributed by atoms with van der Waals surface area (Å²) in [6.45, 7) is 2.30. The van der Waals surface area contributed by atoms with E-state index in [0.29, 0.717) is 35.2 Å². The molecule has 5 aromatic rings. The summed E-state index contributed by atoms with van der Waals surface area (Å²) in [5.74, 6) is -0.953. The van der Waals surface area contributed by atoms with Crippen LogP contribution in [0.15, 0.2) is 54.9 Å². The molecule has 0 spiro atoms. The highest BCUT2D eigenvalue weighted by atomic mass is 19.4. The lowest BCUT2D eigenvalue weighted by Gasteiger charge is -2.27. The number of fused-ring (bicyclic) bond motifs is 2. The highest BCUT2D eigenvalue weighted by Gasteiger charge is 2.38. The van der Waals surface area contributed by atoms with Gasteiger partial charge in [0.1, 0.15) is 18.0 Å². The zero-order valence-corrected chi connectivity index (χ0v) is 21.0. The summed E-state index contributed by atoms with van der Waals surface area (Å²) in [4.78, 5) is 33.3. The summed E-state index contributed by atoms with van der Waals surface area (Å²) in [6, 6.07) is 14.4. The molecule has 0 amide bonds. The fourth-order valence-electron chi connectivity index (χ4n) is 4.32. The largest absolute Gasteiger partial charge is 0.490 e. The van der Waals surface area contributed by atoms with Crippen LogP contribution >= 0.6 is 0 Å². The molecule has 0 saturated carbocycles. The Hall–Kier alpha value is -4.75. The third-order valence-electron chi connectivity index (χ3n) is 6.21. The predicted octanol–water partition coefficient (Wildman–Crippen LogP) is 5.07. The van der Waals surface area contributed by atoms with Gasteiger partial charge in [0.15, 0.2) is 17.0 Å². The van der Waals surface area contributed by atoms with E-state index in [1.54, 1.807) is 17.0 Å². The van der Waals surface area contributed by atoms with Gasteiger partial charge in [-0.2, -0.15) is 23.1 Å². The number of nitrogens with zero attached hydrogens (tertiary/aromatic N) is 6. The zero-order chi connectivity index (χ0) is 28.3. The van der Waals surface area contributed by atoms with E-state index in [0.717, 1.165) is 42.8 Å². The Morgan fingerprint density at radius 2 is 1.77 bits per heavy atom. The molecular formula is C26H24F4N8O2. The first-order chi connectivity index (χ1) is 19.2. The number of anilines is 2. The maximum atomic E-state index is 13.9. The predicted molar refractivity (Wildman–Crippen MR) is 140 cm³/mol. The number of hydrogen-bond donors (Lipinski definition) is 3. The molecule has 14 heteroatoms. The average molecular weight is 557 g/mol. The van der Waals surface area contributed by atoms with Crippen LogP contribution in [0, 0.1) is 5.82 Å². The van der Waals surface area contributed by atoms with Crippen molar-refractivity contribution in [2.75, 3.05) is 23.3 Å². The van der Waals surface area contributed by atoms with Crippen LogP contribution in [-0.2, 0) is 11.3 Å². The van der Waals surface area contributed by atoms with Gasteiger partial charge >= 0.3 is 12.1 Å². The lowest BCUT2D eigenvalue weighted by atomic mass is 10.1. The Morgan fingerprint density at radius 1 is 1.02 bits per heavy atom. The minimum atomic E-state index is -5.08. The number of halogens is 4.